The second-order valence-corrected chi connectivity index (χ2v) is 7.56. The molecule has 1 aliphatic heterocycles. The van der Waals surface area contributed by atoms with E-state index < -0.39 is 15.8 Å². The van der Waals surface area contributed by atoms with Crippen LogP contribution in [0.5, 0.6) is 0 Å². The number of fused-ring (bicyclic) bond motifs is 1. The minimum absolute atomic E-state index is 0.0164. The molecule has 2 aromatic rings. The van der Waals surface area contributed by atoms with Crippen molar-refractivity contribution in [3.63, 3.8) is 0 Å². The van der Waals surface area contributed by atoms with Crippen molar-refractivity contribution in [2.24, 2.45) is 5.92 Å². The highest BCUT2D eigenvalue weighted by molar-refractivity contribution is 7.90. The maximum atomic E-state index is 12.3. The zero-order chi connectivity index (χ0) is 16.4. The lowest BCUT2D eigenvalue weighted by Gasteiger charge is -2.21. The van der Waals surface area contributed by atoms with Crippen molar-refractivity contribution in [1.29, 1.82) is 0 Å². The van der Waals surface area contributed by atoms with Crippen molar-refractivity contribution in [2.75, 3.05) is 26.1 Å². The molecule has 23 heavy (non-hydrogen) atoms. The standard InChI is InChI=1S/C15H18N2O5S/c1-23(19,20)15-16-13(12-6-2-3-7-17(12)15)14(18)22-10-11-5-4-8-21-9-11/h2-3,6-7,11H,4-5,8-10H2,1H3. The molecule has 0 amide bonds. The third-order valence-electron chi connectivity index (χ3n) is 3.75. The largest absolute Gasteiger partial charge is 0.461 e. The van der Waals surface area contributed by atoms with Gasteiger partial charge in [0.05, 0.1) is 18.7 Å². The van der Waals surface area contributed by atoms with Gasteiger partial charge in [0.25, 0.3) is 0 Å². The number of rotatable bonds is 4. The Morgan fingerprint density at radius 2 is 2.30 bits per heavy atom. The minimum atomic E-state index is -3.55. The zero-order valence-corrected chi connectivity index (χ0v) is 13.6. The highest BCUT2D eigenvalue weighted by Gasteiger charge is 2.24. The Hall–Kier alpha value is -1.93. The van der Waals surface area contributed by atoms with Gasteiger partial charge in [-0.25, -0.2) is 18.2 Å². The van der Waals surface area contributed by atoms with Crippen LogP contribution in [0.2, 0.25) is 0 Å². The molecule has 1 unspecified atom stereocenters. The number of pyridine rings is 1. The van der Waals surface area contributed by atoms with E-state index in [-0.39, 0.29) is 23.4 Å². The van der Waals surface area contributed by atoms with Crippen LogP contribution in [-0.4, -0.2) is 49.8 Å². The molecule has 0 bridgehead atoms. The first-order valence-electron chi connectivity index (χ1n) is 7.39. The van der Waals surface area contributed by atoms with Crippen molar-refractivity contribution < 1.29 is 22.7 Å². The van der Waals surface area contributed by atoms with Gasteiger partial charge in [0.15, 0.2) is 5.69 Å². The summed E-state index contributed by atoms with van der Waals surface area (Å²) in [5, 5.41) is -0.166. The Bertz CT molecular complexity index is 822. The average Bonchev–Trinajstić information content (AvgIpc) is 2.93. The predicted molar refractivity (Wildman–Crippen MR) is 82.1 cm³/mol. The van der Waals surface area contributed by atoms with Gasteiger partial charge in [-0.05, 0) is 25.0 Å². The Morgan fingerprint density at radius 1 is 1.48 bits per heavy atom. The lowest BCUT2D eigenvalue weighted by atomic mass is 10.0. The molecule has 1 saturated heterocycles. The molecule has 2 aromatic heterocycles. The zero-order valence-electron chi connectivity index (χ0n) is 12.8. The van der Waals surface area contributed by atoms with Gasteiger partial charge < -0.3 is 9.47 Å². The summed E-state index contributed by atoms with van der Waals surface area (Å²) >= 11 is 0. The Kier molecular flexibility index (Phi) is 4.36. The van der Waals surface area contributed by atoms with E-state index >= 15 is 0 Å². The Balaban J connectivity index is 1.85. The number of hydrogen-bond donors (Lipinski definition) is 0. The number of carbonyl (C=O) groups excluding carboxylic acids is 1. The molecular weight excluding hydrogens is 320 g/mol. The van der Waals surface area contributed by atoms with Crippen molar-refractivity contribution in [1.82, 2.24) is 9.38 Å². The van der Waals surface area contributed by atoms with Crippen molar-refractivity contribution >= 4 is 21.3 Å². The molecule has 0 N–H and O–H groups in total. The first kappa shape index (κ1) is 15.9. The van der Waals surface area contributed by atoms with Gasteiger partial charge in [-0.3, -0.25) is 4.40 Å². The van der Waals surface area contributed by atoms with Gasteiger partial charge in [-0.15, -0.1) is 0 Å². The third kappa shape index (κ3) is 3.37. The predicted octanol–water partition coefficient (Wildman–Crippen LogP) is 1.32. The monoisotopic (exact) mass is 338 g/mol. The van der Waals surface area contributed by atoms with Crippen LogP contribution in [0.25, 0.3) is 5.52 Å². The van der Waals surface area contributed by atoms with E-state index in [1.807, 2.05) is 0 Å². The molecule has 0 aliphatic carbocycles. The molecule has 1 atom stereocenters. The van der Waals surface area contributed by atoms with Crippen LogP contribution in [0, 0.1) is 5.92 Å². The van der Waals surface area contributed by atoms with Crippen LogP contribution in [0.15, 0.2) is 29.6 Å². The Morgan fingerprint density at radius 3 is 3.00 bits per heavy atom. The van der Waals surface area contributed by atoms with E-state index in [2.05, 4.69) is 4.98 Å². The van der Waals surface area contributed by atoms with E-state index in [0.717, 1.165) is 25.7 Å². The lowest BCUT2D eigenvalue weighted by molar-refractivity contribution is 0.00838. The number of hydrogen-bond acceptors (Lipinski definition) is 6. The van der Waals surface area contributed by atoms with Crippen molar-refractivity contribution in [2.45, 2.75) is 18.0 Å². The third-order valence-corrected chi connectivity index (χ3v) is 4.70. The summed E-state index contributed by atoms with van der Waals surface area (Å²) in [6.07, 6.45) is 4.52. The highest BCUT2D eigenvalue weighted by atomic mass is 32.2. The Labute approximate surface area is 134 Å². The van der Waals surface area contributed by atoms with Crippen LogP contribution in [0.1, 0.15) is 23.3 Å². The number of nitrogens with zero attached hydrogens (tertiary/aromatic N) is 2. The summed E-state index contributed by atoms with van der Waals surface area (Å²) in [5.41, 5.74) is 0.431. The quantitative estimate of drug-likeness (QED) is 0.782. The fourth-order valence-electron chi connectivity index (χ4n) is 2.62. The van der Waals surface area contributed by atoms with Crippen LogP contribution in [0.3, 0.4) is 0 Å². The summed E-state index contributed by atoms with van der Waals surface area (Å²) < 4.78 is 35.7. The average molecular weight is 338 g/mol. The molecule has 124 valence electrons. The van der Waals surface area contributed by atoms with Crippen LogP contribution in [-0.2, 0) is 19.3 Å². The first-order valence-corrected chi connectivity index (χ1v) is 9.28. The number of imidazole rings is 1. The van der Waals surface area contributed by atoms with Crippen LogP contribution in [0.4, 0.5) is 0 Å². The molecule has 3 heterocycles. The maximum Gasteiger partial charge on any atom is 0.359 e. The van der Waals surface area contributed by atoms with Gasteiger partial charge in [0.2, 0.25) is 15.0 Å². The van der Waals surface area contributed by atoms with Gasteiger partial charge in [-0.1, -0.05) is 6.07 Å². The molecule has 1 fully saturated rings. The normalized spacial score (nSPS) is 18.9. The summed E-state index contributed by atoms with van der Waals surface area (Å²) in [5.74, 6) is -0.440. The lowest BCUT2D eigenvalue weighted by Crippen LogP contribution is -2.23. The molecular formula is C15H18N2O5S. The maximum absolute atomic E-state index is 12.3. The van der Waals surface area contributed by atoms with Gasteiger partial charge in [0.1, 0.15) is 0 Å². The van der Waals surface area contributed by atoms with E-state index in [1.54, 1.807) is 24.4 Å². The second kappa shape index (κ2) is 6.29. The minimum Gasteiger partial charge on any atom is -0.461 e. The van der Waals surface area contributed by atoms with Crippen molar-refractivity contribution in [3.8, 4) is 0 Å². The first-order chi connectivity index (χ1) is 11.0. The molecule has 7 nitrogen and oxygen atoms in total. The number of esters is 1. The van der Waals surface area contributed by atoms with E-state index in [4.69, 9.17) is 9.47 Å². The molecule has 0 aromatic carbocycles. The summed E-state index contributed by atoms with van der Waals surface area (Å²) in [6, 6.07) is 5.04. The highest BCUT2D eigenvalue weighted by Crippen LogP contribution is 2.19. The number of sulfone groups is 1. The van der Waals surface area contributed by atoms with E-state index in [9.17, 15) is 13.2 Å². The molecule has 3 rings (SSSR count). The van der Waals surface area contributed by atoms with Gasteiger partial charge in [-0.2, -0.15) is 0 Å². The van der Waals surface area contributed by atoms with Crippen molar-refractivity contribution in [3.05, 3.63) is 30.1 Å². The van der Waals surface area contributed by atoms with E-state index in [1.165, 1.54) is 4.40 Å². The fraction of sp³-hybridized carbons (Fsp3) is 0.467. The topological polar surface area (TPSA) is 87.0 Å². The van der Waals surface area contributed by atoms with E-state index in [0.29, 0.717) is 12.1 Å². The summed E-state index contributed by atoms with van der Waals surface area (Å²) in [6.45, 7) is 1.57. The smallest absolute Gasteiger partial charge is 0.359 e. The molecule has 0 radical (unpaired) electrons. The number of ether oxygens (including phenoxy) is 2. The molecule has 0 spiro atoms. The summed E-state index contributed by atoms with van der Waals surface area (Å²) in [7, 11) is -3.55. The molecule has 1 aliphatic rings. The van der Waals surface area contributed by atoms with Crippen LogP contribution >= 0.6 is 0 Å². The van der Waals surface area contributed by atoms with Gasteiger partial charge >= 0.3 is 5.97 Å². The fourth-order valence-corrected chi connectivity index (χ4v) is 3.40. The van der Waals surface area contributed by atoms with Crippen LogP contribution < -0.4 is 0 Å². The second-order valence-electron chi connectivity index (χ2n) is 5.65. The number of carbonyl (C=O) groups is 1. The number of aromatic nitrogens is 2. The summed E-state index contributed by atoms with van der Waals surface area (Å²) in [4.78, 5) is 16.3. The van der Waals surface area contributed by atoms with Gasteiger partial charge in [0, 0.05) is 25.0 Å². The molecule has 0 saturated carbocycles. The SMILES string of the molecule is CS(=O)(=O)c1nc(C(=O)OCC2CCCOC2)c2ccccn12. The molecule has 8 heteroatoms.